The first-order chi connectivity index (χ1) is 7.11. The van der Waals surface area contributed by atoms with Gasteiger partial charge in [0.25, 0.3) is 0 Å². The van der Waals surface area contributed by atoms with Crippen molar-refractivity contribution in [1.29, 1.82) is 0 Å². The third-order valence-electron chi connectivity index (χ3n) is 2.37. The van der Waals surface area contributed by atoms with E-state index in [1.165, 1.54) is 4.90 Å². The first-order valence-electron chi connectivity index (χ1n) is 5.78. The van der Waals surface area contributed by atoms with Gasteiger partial charge in [-0.2, -0.15) is 0 Å². The Balaban J connectivity index is 2.38. The molecule has 0 aromatic heterocycles. The maximum Gasteiger partial charge on any atom is 0.410 e. The molecular formula is C12H22FNO2. The molecule has 16 heavy (non-hydrogen) atoms. The largest absolute Gasteiger partial charge is 0.444 e. The summed E-state index contributed by atoms with van der Waals surface area (Å²) in [4.78, 5) is 13.0. The van der Waals surface area contributed by atoms with E-state index in [1.54, 1.807) is 0 Å². The summed E-state index contributed by atoms with van der Waals surface area (Å²) in [5.74, 6) is 0.311. The molecule has 1 heterocycles. The Hall–Kier alpha value is -0.800. The highest BCUT2D eigenvalue weighted by atomic mass is 19.1. The molecule has 1 rings (SSSR count). The first-order valence-corrected chi connectivity index (χ1v) is 5.78. The number of likely N-dealkylation sites (tertiary alicyclic amines) is 1. The fourth-order valence-electron chi connectivity index (χ4n) is 1.95. The van der Waals surface area contributed by atoms with Crippen LogP contribution < -0.4 is 0 Å². The van der Waals surface area contributed by atoms with Crippen LogP contribution in [0.25, 0.3) is 0 Å². The molecule has 0 radical (unpaired) electrons. The van der Waals surface area contributed by atoms with E-state index in [0.29, 0.717) is 12.3 Å². The van der Waals surface area contributed by atoms with E-state index < -0.39 is 17.4 Å². The fourth-order valence-corrected chi connectivity index (χ4v) is 1.95. The van der Waals surface area contributed by atoms with Gasteiger partial charge in [0, 0.05) is 0 Å². The number of hydrogen-bond acceptors (Lipinski definition) is 2. The Morgan fingerprint density at radius 3 is 2.31 bits per heavy atom. The quantitative estimate of drug-likeness (QED) is 0.731. The van der Waals surface area contributed by atoms with Crippen molar-refractivity contribution in [3.8, 4) is 0 Å². The van der Waals surface area contributed by atoms with Gasteiger partial charge in [0.05, 0.1) is 13.1 Å². The first kappa shape index (κ1) is 13.3. The van der Waals surface area contributed by atoms with Crippen LogP contribution in [-0.2, 0) is 4.74 Å². The van der Waals surface area contributed by atoms with Gasteiger partial charge < -0.3 is 9.64 Å². The summed E-state index contributed by atoms with van der Waals surface area (Å²) in [6.07, 6.45) is 0.0938. The van der Waals surface area contributed by atoms with Crippen molar-refractivity contribution in [2.24, 2.45) is 5.92 Å². The average Bonchev–Trinajstić information content (AvgIpc) is 1.94. The van der Waals surface area contributed by atoms with Crippen LogP contribution in [-0.4, -0.2) is 35.4 Å². The minimum absolute atomic E-state index is 0.167. The molecule has 3 nitrogen and oxygen atoms in total. The van der Waals surface area contributed by atoms with Crippen molar-refractivity contribution in [1.82, 2.24) is 4.90 Å². The second-order valence-electron chi connectivity index (χ2n) is 6.09. The Morgan fingerprint density at radius 2 is 1.94 bits per heavy atom. The van der Waals surface area contributed by atoms with Gasteiger partial charge in [-0.3, -0.25) is 0 Å². The van der Waals surface area contributed by atoms with Crippen LogP contribution in [0.4, 0.5) is 9.18 Å². The van der Waals surface area contributed by atoms with Gasteiger partial charge in [-0.15, -0.1) is 0 Å². The van der Waals surface area contributed by atoms with E-state index in [4.69, 9.17) is 4.74 Å². The number of rotatable bonds is 2. The second-order valence-corrected chi connectivity index (χ2v) is 6.09. The van der Waals surface area contributed by atoms with Crippen LogP contribution in [0.3, 0.4) is 0 Å². The zero-order chi connectivity index (χ0) is 12.6. The molecule has 0 unspecified atom stereocenters. The molecule has 0 bridgehead atoms. The molecule has 0 spiro atoms. The number of carbonyl (C=O) groups is 1. The maximum atomic E-state index is 14.0. The lowest BCUT2D eigenvalue weighted by atomic mass is 9.87. The number of alkyl halides is 1. The summed E-state index contributed by atoms with van der Waals surface area (Å²) >= 11 is 0. The number of carbonyl (C=O) groups excluding carboxylic acids is 1. The lowest BCUT2D eigenvalue weighted by molar-refractivity contribution is -0.0590. The molecule has 94 valence electrons. The van der Waals surface area contributed by atoms with Gasteiger partial charge in [0.15, 0.2) is 0 Å². The predicted molar refractivity (Wildman–Crippen MR) is 61.1 cm³/mol. The molecule has 4 heteroatoms. The standard InChI is InChI=1S/C12H22FNO2/c1-9(2)6-12(13)7-14(8-12)10(15)16-11(3,4)5/h9H,6-8H2,1-5H3. The fraction of sp³-hybridized carbons (Fsp3) is 0.917. The molecular weight excluding hydrogens is 209 g/mol. The summed E-state index contributed by atoms with van der Waals surface area (Å²) < 4.78 is 19.1. The van der Waals surface area contributed by atoms with E-state index in [2.05, 4.69) is 0 Å². The van der Waals surface area contributed by atoms with Crippen molar-refractivity contribution in [3.05, 3.63) is 0 Å². The molecule has 0 aromatic carbocycles. The minimum atomic E-state index is -1.20. The number of amides is 1. The highest BCUT2D eigenvalue weighted by Gasteiger charge is 2.47. The predicted octanol–water partition coefficient (Wildman–Crippen LogP) is 2.99. The number of halogens is 1. The van der Waals surface area contributed by atoms with Crippen LogP contribution in [0.5, 0.6) is 0 Å². The van der Waals surface area contributed by atoms with Gasteiger partial charge in [0.2, 0.25) is 0 Å². The third kappa shape index (κ3) is 3.65. The van der Waals surface area contributed by atoms with Gasteiger partial charge in [0.1, 0.15) is 11.3 Å². The van der Waals surface area contributed by atoms with E-state index in [1.807, 2.05) is 34.6 Å². The molecule has 1 amide bonds. The highest BCUT2D eigenvalue weighted by molar-refractivity contribution is 5.69. The number of nitrogens with zero attached hydrogens (tertiary/aromatic N) is 1. The summed E-state index contributed by atoms with van der Waals surface area (Å²) in [6, 6.07) is 0. The van der Waals surface area contributed by atoms with Gasteiger partial charge in [-0.05, 0) is 33.1 Å². The highest BCUT2D eigenvalue weighted by Crippen LogP contribution is 2.32. The lowest BCUT2D eigenvalue weighted by Gasteiger charge is -2.45. The molecule has 0 atom stereocenters. The number of hydrogen-bond donors (Lipinski definition) is 0. The minimum Gasteiger partial charge on any atom is -0.444 e. The van der Waals surface area contributed by atoms with E-state index in [9.17, 15) is 9.18 Å². The zero-order valence-electron chi connectivity index (χ0n) is 10.8. The van der Waals surface area contributed by atoms with E-state index in [0.717, 1.165) is 0 Å². The Bertz CT molecular complexity index is 265. The van der Waals surface area contributed by atoms with E-state index >= 15 is 0 Å². The van der Waals surface area contributed by atoms with Crippen molar-refractivity contribution in [3.63, 3.8) is 0 Å². The molecule has 1 fully saturated rings. The van der Waals surface area contributed by atoms with Crippen LogP contribution in [0.15, 0.2) is 0 Å². The third-order valence-corrected chi connectivity index (χ3v) is 2.37. The van der Waals surface area contributed by atoms with Gasteiger partial charge in [-0.1, -0.05) is 13.8 Å². The summed E-state index contributed by atoms with van der Waals surface area (Å²) in [6.45, 7) is 9.72. The van der Waals surface area contributed by atoms with Gasteiger partial charge >= 0.3 is 6.09 Å². The zero-order valence-corrected chi connectivity index (χ0v) is 10.8. The summed E-state index contributed by atoms with van der Waals surface area (Å²) in [7, 11) is 0. The Kier molecular flexibility index (Phi) is 3.50. The van der Waals surface area contributed by atoms with Crippen LogP contribution >= 0.6 is 0 Å². The molecule has 1 aliphatic heterocycles. The Morgan fingerprint density at radius 1 is 1.44 bits per heavy atom. The van der Waals surface area contributed by atoms with Crippen LogP contribution in [0.2, 0.25) is 0 Å². The molecule has 0 saturated carbocycles. The Labute approximate surface area is 96.9 Å². The molecule has 0 aromatic rings. The second kappa shape index (κ2) is 4.22. The van der Waals surface area contributed by atoms with Crippen molar-refractivity contribution in [2.45, 2.75) is 52.3 Å². The average molecular weight is 231 g/mol. The van der Waals surface area contributed by atoms with Crippen molar-refractivity contribution in [2.75, 3.05) is 13.1 Å². The monoisotopic (exact) mass is 231 g/mol. The molecule has 1 aliphatic rings. The summed E-state index contributed by atoms with van der Waals surface area (Å²) in [5, 5.41) is 0. The number of ether oxygens (including phenoxy) is 1. The molecule has 1 saturated heterocycles. The lowest BCUT2D eigenvalue weighted by Crippen LogP contribution is -2.62. The van der Waals surface area contributed by atoms with Crippen LogP contribution in [0.1, 0.15) is 41.0 Å². The molecule has 0 N–H and O–H groups in total. The normalized spacial score (nSPS) is 19.6. The van der Waals surface area contributed by atoms with E-state index in [-0.39, 0.29) is 13.1 Å². The van der Waals surface area contributed by atoms with Crippen molar-refractivity contribution >= 4 is 6.09 Å². The van der Waals surface area contributed by atoms with Gasteiger partial charge in [-0.25, -0.2) is 9.18 Å². The molecule has 0 aliphatic carbocycles. The topological polar surface area (TPSA) is 29.5 Å². The SMILES string of the molecule is CC(C)CC1(F)CN(C(=O)OC(C)(C)C)C1. The van der Waals surface area contributed by atoms with Crippen molar-refractivity contribution < 1.29 is 13.9 Å². The smallest absolute Gasteiger partial charge is 0.410 e. The summed E-state index contributed by atoms with van der Waals surface area (Å²) in [5.41, 5.74) is -1.71. The maximum absolute atomic E-state index is 14.0. The van der Waals surface area contributed by atoms with Crippen LogP contribution in [0, 0.1) is 5.92 Å².